The molecule has 1 aliphatic heterocycles. The van der Waals surface area contributed by atoms with Crippen LogP contribution in [0.1, 0.15) is 0 Å². The van der Waals surface area contributed by atoms with Crippen LogP contribution in [-0.4, -0.2) is 26.2 Å². The standard InChI is InChI=1S/C26H20ClNO5/c1-31-25(29)21-9-5-6-14-28(24(21)26(30)32-2)19-11-13-23(22(27)16-19)33-20-12-10-17-7-3-4-8-18(17)15-20/h3-16H,1-2H3. The van der Waals surface area contributed by atoms with Crippen LogP contribution in [0.5, 0.6) is 11.5 Å². The molecule has 0 bridgehead atoms. The van der Waals surface area contributed by atoms with E-state index >= 15 is 0 Å². The summed E-state index contributed by atoms with van der Waals surface area (Å²) in [5.41, 5.74) is 0.600. The highest BCUT2D eigenvalue weighted by Gasteiger charge is 2.27. The van der Waals surface area contributed by atoms with Gasteiger partial charge in [-0.15, -0.1) is 0 Å². The van der Waals surface area contributed by atoms with Gasteiger partial charge in [-0.25, -0.2) is 9.59 Å². The van der Waals surface area contributed by atoms with E-state index in [0.29, 0.717) is 22.2 Å². The van der Waals surface area contributed by atoms with Crippen molar-refractivity contribution in [1.82, 2.24) is 0 Å². The van der Waals surface area contributed by atoms with Gasteiger partial charge in [-0.1, -0.05) is 48.0 Å². The SMILES string of the molecule is COC(=O)C1=C(C(=O)OC)N(c2ccc(Oc3ccc4ccccc4c3)c(Cl)c2)C=CC=C1. The van der Waals surface area contributed by atoms with Gasteiger partial charge in [0.15, 0.2) is 0 Å². The van der Waals surface area contributed by atoms with Crippen LogP contribution in [0.3, 0.4) is 0 Å². The Morgan fingerprint density at radius 3 is 2.33 bits per heavy atom. The molecule has 7 heteroatoms. The van der Waals surface area contributed by atoms with Crippen molar-refractivity contribution in [2.75, 3.05) is 19.1 Å². The zero-order valence-corrected chi connectivity index (χ0v) is 18.7. The third-order valence-corrected chi connectivity index (χ3v) is 5.33. The predicted octanol–water partition coefficient (Wildman–Crippen LogP) is 5.78. The molecule has 1 heterocycles. The molecule has 0 aliphatic carbocycles. The van der Waals surface area contributed by atoms with Crippen LogP contribution in [0.2, 0.25) is 5.02 Å². The molecule has 0 N–H and O–H groups in total. The van der Waals surface area contributed by atoms with Gasteiger partial charge in [0, 0.05) is 11.9 Å². The van der Waals surface area contributed by atoms with Crippen LogP contribution in [0.4, 0.5) is 5.69 Å². The van der Waals surface area contributed by atoms with Crippen molar-refractivity contribution in [2.45, 2.75) is 0 Å². The van der Waals surface area contributed by atoms with E-state index in [1.54, 1.807) is 36.6 Å². The van der Waals surface area contributed by atoms with E-state index in [2.05, 4.69) is 0 Å². The Hall–Kier alpha value is -4.03. The first-order chi connectivity index (χ1) is 16.0. The minimum absolute atomic E-state index is 0.00798. The summed E-state index contributed by atoms with van der Waals surface area (Å²) in [6.45, 7) is 0. The molecule has 0 aromatic heterocycles. The molecule has 1 aliphatic rings. The molecule has 0 saturated heterocycles. The first-order valence-electron chi connectivity index (χ1n) is 10.0. The van der Waals surface area contributed by atoms with E-state index in [1.807, 2.05) is 42.5 Å². The largest absolute Gasteiger partial charge is 0.465 e. The van der Waals surface area contributed by atoms with E-state index in [-0.39, 0.29) is 11.3 Å². The van der Waals surface area contributed by atoms with Gasteiger partial charge >= 0.3 is 11.9 Å². The zero-order chi connectivity index (χ0) is 23.4. The number of hydrogen-bond acceptors (Lipinski definition) is 6. The highest BCUT2D eigenvalue weighted by Crippen LogP contribution is 2.36. The fourth-order valence-corrected chi connectivity index (χ4v) is 3.66. The third kappa shape index (κ3) is 4.61. The summed E-state index contributed by atoms with van der Waals surface area (Å²) in [6.07, 6.45) is 6.45. The van der Waals surface area contributed by atoms with Gasteiger partial charge in [-0.3, -0.25) is 0 Å². The van der Waals surface area contributed by atoms with E-state index in [9.17, 15) is 9.59 Å². The highest BCUT2D eigenvalue weighted by atomic mass is 35.5. The fourth-order valence-electron chi connectivity index (χ4n) is 3.45. The smallest absolute Gasteiger partial charge is 0.355 e. The second kappa shape index (κ2) is 9.63. The minimum atomic E-state index is -0.695. The lowest BCUT2D eigenvalue weighted by molar-refractivity contribution is -0.139. The first kappa shape index (κ1) is 22.2. The van der Waals surface area contributed by atoms with Crippen molar-refractivity contribution >= 4 is 40.0 Å². The second-order valence-electron chi connectivity index (χ2n) is 7.04. The summed E-state index contributed by atoms with van der Waals surface area (Å²) >= 11 is 6.53. The molecular weight excluding hydrogens is 442 g/mol. The number of methoxy groups -OCH3 is 2. The molecular formula is C26H20ClNO5. The summed E-state index contributed by atoms with van der Waals surface area (Å²) in [5.74, 6) is -0.267. The van der Waals surface area contributed by atoms with Crippen LogP contribution >= 0.6 is 11.6 Å². The van der Waals surface area contributed by atoms with E-state index < -0.39 is 11.9 Å². The molecule has 0 spiro atoms. The summed E-state index contributed by atoms with van der Waals surface area (Å²) in [6, 6.07) is 18.8. The molecule has 0 atom stereocenters. The maximum Gasteiger partial charge on any atom is 0.355 e. The molecule has 3 aromatic carbocycles. The number of hydrogen-bond donors (Lipinski definition) is 0. The average molecular weight is 462 g/mol. The Morgan fingerprint density at radius 2 is 1.61 bits per heavy atom. The van der Waals surface area contributed by atoms with Crippen molar-refractivity contribution in [3.05, 3.63) is 101 Å². The number of halogens is 1. The van der Waals surface area contributed by atoms with Crippen molar-refractivity contribution in [3.8, 4) is 11.5 Å². The third-order valence-electron chi connectivity index (χ3n) is 5.03. The van der Waals surface area contributed by atoms with Gasteiger partial charge in [0.1, 0.15) is 17.2 Å². The van der Waals surface area contributed by atoms with Crippen LogP contribution in [0, 0.1) is 0 Å². The summed E-state index contributed by atoms with van der Waals surface area (Å²) < 4.78 is 15.8. The molecule has 3 aromatic rings. The quantitative estimate of drug-likeness (QED) is 0.449. The normalized spacial score (nSPS) is 13.1. The van der Waals surface area contributed by atoms with Crippen molar-refractivity contribution < 1.29 is 23.8 Å². The Morgan fingerprint density at radius 1 is 0.848 bits per heavy atom. The molecule has 166 valence electrons. The van der Waals surface area contributed by atoms with Crippen LogP contribution in [0.25, 0.3) is 10.8 Å². The Kier molecular flexibility index (Phi) is 6.47. The molecule has 33 heavy (non-hydrogen) atoms. The number of anilines is 1. The Balaban J connectivity index is 1.69. The molecule has 0 saturated carbocycles. The van der Waals surface area contributed by atoms with Gasteiger partial charge in [0.2, 0.25) is 0 Å². The summed E-state index contributed by atoms with van der Waals surface area (Å²) in [4.78, 5) is 26.4. The van der Waals surface area contributed by atoms with Gasteiger partial charge < -0.3 is 19.1 Å². The number of ether oxygens (including phenoxy) is 3. The van der Waals surface area contributed by atoms with E-state index in [1.165, 1.54) is 25.2 Å². The van der Waals surface area contributed by atoms with Gasteiger partial charge in [-0.05, 0) is 53.3 Å². The maximum atomic E-state index is 12.6. The highest BCUT2D eigenvalue weighted by molar-refractivity contribution is 6.32. The van der Waals surface area contributed by atoms with Crippen molar-refractivity contribution in [2.24, 2.45) is 0 Å². The number of carbonyl (C=O) groups excluding carboxylic acids is 2. The van der Waals surface area contributed by atoms with Gasteiger partial charge in [-0.2, -0.15) is 0 Å². The van der Waals surface area contributed by atoms with Crippen LogP contribution in [0.15, 0.2) is 96.4 Å². The lowest BCUT2D eigenvalue weighted by Gasteiger charge is -2.23. The molecule has 0 radical (unpaired) electrons. The number of esters is 2. The lowest BCUT2D eigenvalue weighted by atomic mass is 10.1. The Bertz CT molecular complexity index is 1330. The number of carbonyl (C=O) groups is 2. The summed E-state index contributed by atoms with van der Waals surface area (Å²) in [5, 5.41) is 2.49. The van der Waals surface area contributed by atoms with E-state index in [4.69, 9.17) is 25.8 Å². The average Bonchev–Trinajstić information content (AvgIpc) is 3.07. The van der Waals surface area contributed by atoms with Crippen molar-refractivity contribution in [1.29, 1.82) is 0 Å². The van der Waals surface area contributed by atoms with E-state index in [0.717, 1.165) is 10.8 Å². The molecule has 0 fully saturated rings. The topological polar surface area (TPSA) is 65.1 Å². The number of allylic oxidation sites excluding steroid dienone is 2. The summed E-state index contributed by atoms with van der Waals surface area (Å²) in [7, 11) is 2.49. The predicted molar refractivity (Wildman–Crippen MR) is 127 cm³/mol. The first-order valence-corrected chi connectivity index (χ1v) is 10.4. The van der Waals surface area contributed by atoms with Crippen LogP contribution < -0.4 is 9.64 Å². The molecule has 0 unspecified atom stereocenters. The minimum Gasteiger partial charge on any atom is -0.465 e. The molecule has 4 rings (SSSR count). The monoisotopic (exact) mass is 461 g/mol. The second-order valence-corrected chi connectivity index (χ2v) is 7.45. The van der Waals surface area contributed by atoms with Crippen molar-refractivity contribution in [3.63, 3.8) is 0 Å². The van der Waals surface area contributed by atoms with Gasteiger partial charge in [0.25, 0.3) is 0 Å². The number of rotatable bonds is 5. The lowest BCUT2D eigenvalue weighted by Crippen LogP contribution is -2.26. The van der Waals surface area contributed by atoms with Crippen LogP contribution in [-0.2, 0) is 19.1 Å². The number of nitrogens with zero attached hydrogens (tertiary/aromatic N) is 1. The maximum absolute atomic E-state index is 12.6. The number of fused-ring (bicyclic) bond motifs is 1. The fraction of sp³-hybridized carbons (Fsp3) is 0.0769. The number of benzene rings is 3. The van der Waals surface area contributed by atoms with Gasteiger partial charge in [0.05, 0.1) is 24.8 Å². The molecule has 6 nitrogen and oxygen atoms in total. The zero-order valence-electron chi connectivity index (χ0n) is 17.9. The molecule has 0 amide bonds. The Labute approximate surface area is 195 Å².